The number of hydrogen-bond acceptors (Lipinski definition) is 8. The van der Waals surface area contributed by atoms with Crippen molar-refractivity contribution < 1.29 is 28.8 Å². The standard InChI is InChI=1S/C21H17N3O7S/c1-30-19(26)12-23-16-8-7-14(20(27)31-2)11-17(16)32-21(23)22-18(25)9-6-13-4-3-5-15(10-13)24(28)29/h3-11H,12H2,1-2H3. The lowest BCUT2D eigenvalue weighted by molar-refractivity contribution is -0.384. The van der Waals surface area contributed by atoms with E-state index in [-0.39, 0.29) is 17.0 Å². The van der Waals surface area contributed by atoms with Crippen molar-refractivity contribution >= 4 is 51.2 Å². The number of ether oxygens (including phenoxy) is 2. The molecule has 3 rings (SSSR count). The molecule has 0 aliphatic carbocycles. The molecule has 164 valence electrons. The van der Waals surface area contributed by atoms with Crippen molar-refractivity contribution in [3.8, 4) is 0 Å². The monoisotopic (exact) mass is 455 g/mol. The maximum atomic E-state index is 12.4. The Labute approximate surface area is 185 Å². The molecule has 1 amide bonds. The molecular weight excluding hydrogens is 438 g/mol. The molecule has 0 saturated heterocycles. The quantitative estimate of drug-likeness (QED) is 0.242. The van der Waals surface area contributed by atoms with Gasteiger partial charge in [-0.05, 0) is 29.8 Å². The molecule has 32 heavy (non-hydrogen) atoms. The van der Waals surface area contributed by atoms with E-state index in [1.54, 1.807) is 24.3 Å². The Kier molecular flexibility index (Phi) is 6.90. The van der Waals surface area contributed by atoms with Crippen LogP contribution in [0.2, 0.25) is 0 Å². The summed E-state index contributed by atoms with van der Waals surface area (Å²) < 4.78 is 11.6. The highest BCUT2D eigenvalue weighted by Crippen LogP contribution is 2.20. The second-order valence-corrected chi connectivity index (χ2v) is 7.37. The minimum atomic E-state index is -0.630. The number of aromatic nitrogens is 1. The van der Waals surface area contributed by atoms with Gasteiger partial charge in [0.15, 0.2) is 4.80 Å². The molecule has 1 aromatic heterocycles. The largest absolute Gasteiger partial charge is 0.468 e. The van der Waals surface area contributed by atoms with Crippen LogP contribution in [-0.4, -0.2) is 41.6 Å². The molecule has 0 atom stereocenters. The number of nitro groups is 1. The average molecular weight is 455 g/mol. The van der Waals surface area contributed by atoms with Gasteiger partial charge in [-0.2, -0.15) is 4.99 Å². The van der Waals surface area contributed by atoms with Gasteiger partial charge in [-0.3, -0.25) is 19.7 Å². The van der Waals surface area contributed by atoms with Crippen LogP contribution in [0.3, 0.4) is 0 Å². The van der Waals surface area contributed by atoms with Gasteiger partial charge in [-0.15, -0.1) is 0 Å². The molecule has 0 fully saturated rings. The molecule has 0 N–H and O–H groups in total. The van der Waals surface area contributed by atoms with E-state index in [4.69, 9.17) is 9.47 Å². The zero-order valence-electron chi connectivity index (χ0n) is 17.0. The second kappa shape index (κ2) is 9.79. The molecule has 0 radical (unpaired) electrons. The van der Waals surface area contributed by atoms with E-state index in [2.05, 4.69) is 4.99 Å². The molecule has 0 saturated carbocycles. The fraction of sp³-hybridized carbons (Fsp3) is 0.143. The van der Waals surface area contributed by atoms with Gasteiger partial charge in [-0.1, -0.05) is 23.5 Å². The van der Waals surface area contributed by atoms with Crippen LogP contribution in [0.25, 0.3) is 16.3 Å². The summed E-state index contributed by atoms with van der Waals surface area (Å²) in [7, 11) is 2.52. The number of hydrogen-bond donors (Lipinski definition) is 0. The Bertz CT molecular complexity index is 1320. The van der Waals surface area contributed by atoms with Crippen LogP contribution in [0.15, 0.2) is 53.5 Å². The van der Waals surface area contributed by atoms with Gasteiger partial charge in [-0.25, -0.2) is 4.79 Å². The molecule has 0 aliphatic rings. The van der Waals surface area contributed by atoms with Crippen molar-refractivity contribution in [2.45, 2.75) is 6.54 Å². The number of carbonyl (C=O) groups is 3. The SMILES string of the molecule is COC(=O)Cn1c(=NC(=O)C=Cc2cccc([N+](=O)[O-])c2)sc2cc(C(=O)OC)ccc21. The molecule has 2 aromatic carbocycles. The summed E-state index contributed by atoms with van der Waals surface area (Å²) in [5.41, 5.74) is 1.26. The lowest BCUT2D eigenvalue weighted by Crippen LogP contribution is -2.22. The summed E-state index contributed by atoms with van der Waals surface area (Å²) >= 11 is 1.11. The summed E-state index contributed by atoms with van der Waals surface area (Å²) in [4.78, 5) is 50.7. The van der Waals surface area contributed by atoms with Crippen LogP contribution in [0.4, 0.5) is 5.69 Å². The Morgan fingerprint density at radius 1 is 1.16 bits per heavy atom. The third kappa shape index (κ3) is 5.13. The zero-order chi connectivity index (χ0) is 23.3. The summed E-state index contributed by atoms with van der Waals surface area (Å²) in [6.45, 7) is -0.186. The second-order valence-electron chi connectivity index (χ2n) is 6.36. The van der Waals surface area contributed by atoms with Crippen molar-refractivity contribution in [3.05, 3.63) is 74.6 Å². The van der Waals surface area contributed by atoms with Crippen molar-refractivity contribution in [2.24, 2.45) is 4.99 Å². The first-order valence-electron chi connectivity index (χ1n) is 9.12. The summed E-state index contributed by atoms with van der Waals surface area (Å²) in [6.07, 6.45) is 2.58. The minimum Gasteiger partial charge on any atom is -0.468 e. The third-order valence-corrected chi connectivity index (χ3v) is 5.37. The highest BCUT2D eigenvalue weighted by molar-refractivity contribution is 7.16. The van der Waals surface area contributed by atoms with Crippen molar-refractivity contribution in [1.82, 2.24) is 4.57 Å². The predicted octanol–water partition coefficient (Wildman–Crippen LogP) is 2.71. The van der Waals surface area contributed by atoms with E-state index in [0.29, 0.717) is 21.3 Å². The van der Waals surface area contributed by atoms with Gasteiger partial charge >= 0.3 is 11.9 Å². The number of amides is 1. The van der Waals surface area contributed by atoms with Crippen LogP contribution >= 0.6 is 11.3 Å². The van der Waals surface area contributed by atoms with Crippen LogP contribution in [-0.2, 0) is 25.6 Å². The fourth-order valence-corrected chi connectivity index (χ4v) is 3.86. The van der Waals surface area contributed by atoms with Crippen molar-refractivity contribution in [2.75, 3.05) is 14.2 Å². The smallest absolute Gasteiger partial charge is 0.337 e. The maximum Gasteiger partial charge on any atom is 0.337 e. The fourth-order valence-electron chi connectivity index (χ4n) is 2.79. The van der Waals surface area contributed by atoms with Crippen LogP contribution < -0.4 is 4.80 Å². The zero-order valence-corrected chi connectivity index (χ0v) is 17.8. The van der Waals surface area contributed by atoms with Crippen LogP contribution in [0.5, 0.6) is 0 Å². The van der Waals surface area contributed by atoms with Gasteiger partial charge in [0.2, 0.25) is 0 Å². The average Bonchev–Trinajstić information content (AvgIpc) is 3.12. The molecule has 0 aliphatic heterocycles. The van der Waals surface area contributed by atoms with Crippen molar-refractivity contribution in [3.63, 3.8) is 0 Å². The first kappa shape index (κ1) is 22.6. The number of rotatable bonds is 6. The summed E-state index contributed by atoms with van der Waals surface area (Å²) in [6, 6.07) is 10.6. The Balaban J connectivity index is 2.01. The predicted molar refractivity (Wildman–Crippen MR) is 116 cm³/mol. The number of thiazole rings is 1. The normalized spacial score (nSPS) is 11.6. The minimum absolute atomic E-state index is 0.0987. The molecule has 0 spiro atoms. The summed E-state index contributed by atoms with van der Waals surface area (Å²) in [5.74, 6) is -1.69. The Morgan fingerprint density at radius 3 is 2.62 bits per heavy atom. The number of methoxy groups -OCH3 is 2. The lowest BCUT2D eigenvalue weighted by atomic mass is 10.2. The number of benzene rings is 2. The van der Waals surface area contributed by atoms with Gasteiger partial charge in [0.1, 0.15) is 6.54 Å². The topological polar surface area (TPSA) is 130 Å². The van der Waals surface area contributed by atoms with Gasteiger partial charge in [0.25, 0.3) is 11.6 Å². The maximum absolute atomic E-state index is 12.4. The van der Waals surface area contributed by atoms with Gasteiger partial charge < -0.3 is 14.0 Å². The molecule has 0 unspecified atom stereocenters. The first-order valence-corrected chi connectivity index (χ1v) is 9.93. The molecule has 10 nitrogen and oxygen atoms in total. The van der Waals surface area contributed by atoms with Crippen LogP contribution in [0.1, 0.15) is 15.9 Å². The number of esters is 2. The van der Waals surface area contributed by atoms with Gasteiger partial charge in [0.05, 0.1) is 34.9 Å². The Hall–Kier alpha value is -4.12. The number of carbonyl (C=O) groups excluding carboxylic acids is 3. The Morgan fingerprint density at radius 2 is 1.94 bits per heavy atom. The molecular formula is C21H17N3O7S. The van der Waals surface area contributed by atoms with E-state index in [1.165, 1.54) is 49.1 Å². The number of nitro benzene ring substituents is 1. The van der Waals surface area contributed by atoms with E-state index >= 15 is 0 Å². The molecule has 0 bridgehead atoms. The van der Waals surface area contributed by atoms with E-state index < -0.39 is 22.8 Å². The highest BCUT2D eigenvalue weighted by atomic mass is 32.1. The summed E-state index contributed by atoms with van der Waals surface area (Å²) in [5, 5.41) is 10.9. The third-order valence-electron chi connectivity index (χ3n) is 4.32. The highest BCUT2D eigenvalue weighted by Gasteiger charge is 2.14. The molecule has 3 aromatic rings. The number of fused-ring (bicyclic) bond motifs is 1. The van der Waals surface area contributed by atoms with Crippen molar-refractivity contribution in [1.29, 1.82) is 0 Å². The van der Waals surface area contributed by atoms with E-state index in [1.807, 2.05) is 0 Å². The van der Waals surface area contributed by atoms with Crippen LogP contribution in [0, 0.1) is 10.1 Å². The van der Waals surface area contributed by atoms with Gasteiger partial charge in [0, 0.05) is 18.2 Å². The number of non-ortho nitro benzene ring substituents is 1. The lowest BCUT2D eigenvalue weighted by Gasteiger charge is -2.04. The molecule has 1 heterocycles. The van der Waals surface area contributed by atoms with E-state index in [0.717, 1.165) is 11.3 Å². The molecule has 11 heteroatoms. The number of nitrogens with zero attached hydrogens (tertiary/aromatic N) is 3. The van der Waals surface area contributed by atoms with E-state index in [9.17, 15) is 24.5 Å². The first-order chi connectivity index (χ1) is 15.3.